The average molecular weight is 433 g/mol. The van der Waals surface area contributed by atoms with E-state index < -0.39 is 0 Å². The first-order valence-electron chi connectivity index (χ1n) is 11.1. The van der Waals surface area contributed by atoms with E-state index >= 15 is 0 Å². The molecule has 1 saturated carbocycles. The molecule has 0 spiro atoms. The van der Waals surface area contributed by atoms with Gasteiger partial charge in [0.15, 0.2) is 5.11 Å². The lowest BCUT2D eigenvalue weighted by Gasteiger charge is -2.28. The van der Waals surface area contributed by atoms with Crippen LogP contribution in [0.3, 0.4) is 0 Å². The molecule has 160 valence electrons. The van der Waals surface area contributed by atoms with Crippen LogP contribution in [0.15, 0.2) is 67.1 Å². The van der Waals surface area contributed by atoms with Gasteiger partial charge in [0.2, 0.25) is 0 Å². The molecular formula is C25H28N4OS. The molecule has 2 atom stereocenters. The molecule has 3 aromatic rings. The maximum atomic E-state index is 5.82. The molecule has 2 aliphatic rings. The zero-order valence-electron chi connectivity index (χ0n) is 17.8. The van der Waals surface area contributed by atoms with Crippen LogP contribution in [0.5, 0.6) is 5.75 Å². The van der Waals surface area contributed by atoms with E-state index in [0.29, 0.717) is 6.04 Å². The van der Waals surface area contributed by atoms with Gasteiger partial charge in [-0.2, -0.15) is 0 Å². The summed E-state index contributed by atoms with van der Waals surface area (Å²) in [6, 6.07) is 17.0. The van der Waals surface area contributed by atoms with Gasteiger partial charge in [-0.1, -0.05) is 25.3 Å². The van der Waals surface area contributed by atoms with Crippen molar-refractivity contribution in [3.63, 3.8) is 0 Å². The standard InChI is InChI=1S/C25H28N4OS/c1-30-21-12-10-20(11-13-21)29-24(23(27-25(29)31)22-9-5-6-15-26-22)18-14-16-28(17-18)19-7-3-2-4-8-19/h5-6,9-17,19,23-24H,2-4,7-8H2,1H3,(H,27,31)/t23-,24-/m0/s1. The van der Waals surface area contributed by atoms with E-state index in [4.69, 9.17) is 17.0 Å². The molecule has 0 amide bonds. The van der Waals surface area contributed by atoms with Gasteiger partial charge in [-0.05, 0) is 73.1 Å². The molecular weight excluding hydrogens is 404 g/mol. The second kappa shape index (κ2) is 8.71. The predicted octanol–water partition coefficient (Wildman–Crippen LogP) is 5.57. The van der Waals surface area contributed by atoms with Crippen LogP contribution in [-0.4, -0.2) is 21.8 Å². The summed E-state index contributed by atoms with van der Waals surface area (Å²) in [5, 5.41) is 4.26. The lowest BCUT2D eigenvalue weighted by molar-refractivity contribution is 0.353. The topological polar surface area (TPSA) is 42.3 Å². The lowest BCUT2D eigenvalue weighted by atomic mass is 9.95. The third-order valence-corrected chi connectivity index (χ3v) is 6.84. The van der Waals surface area contributed by atoms with Gasteiger partial charge >= 0.3 is 0 Å². The molecule has 0 radical (unpaired) electrons. The van der Waals surface area contributed by atoms with E-state index in [-0.39, 0.29) is 12.1 Å². The maximum absolute atomic E-state index is 5.82. The van der Waals surface area contributed by atoms with Gasteiger partial charge < -0.3 is 19.5 Å². The zero-order valence-corrected chi connectivity index (χ0v) is 18.6. The Balaban J connectivity index is 1.53. The monoisotopic (exact) mass is 432 g/mol. The van der Waals surface area contributed by atoms with E-state index in [2.05, 4.69) is 56.4 Å². The summed E-state index contributed by atoms with van der Waals surface area (Å²) in [4.78, 5) is 6.86. The van der Waals surface area contributed by atoms with E-state index in [9.17, 15) is 0 Å². The highest BCUT2D eigenvalue weighted by Crippen LogP contribution is 2.42. The van der Waals surface area contributed by atoms with Gasteiger partial charge in [0.05, 0.1) is 24.9 Å². The molecule has 2 fully saturated rings. The minimum absolute atomic E-state index is 0.0157. The number of nitrogens with one attached hydrogen (secondary N) is 1. The Bertz CT molecular complexity index is 1030. The minimum atomic E-state index is -0.0157. The Morgan fingerprint density at radius 2 is 1.84 bits per heavy atom. The number of hydrogen-bond donors (Lipinski definition) is 1. The Labute approximate surface area is 189 Å². The van der Waals surface area contributed by atoms with Crippen molar-refractivity contribution in [1.82, 2.24) is 14.9 Å². The van der Waals surface area contributed by atoms with Crippen molar-refractivity contribution in [2.24, 2.45) is 0 Å². The number of benzene rings is 1. The lowest BCUT2D eigenvalue weighted by Crippen LogP contribution is -2.29. The molecule has 1 saturated heterocycles. The number of methoxy groups -OCH3 is 1. The van der Waals surface area contributed by atoms with Crippen molar-refractivity contribution < 1.29 is 4.74 Å². The van der Waals surface area contributed by atoms with Gasteiger partial charge in [0.1, 0.15) is 5.75 Å². The Kier molecular flexibility index (Phi) is 5.64. The van der Waals surface area contributed by atoms with Crippen LogP contribution < -0.4 is 15.0 Å². The normalized spacial score (nSPS) is 21.8. The van der Waals surface area contributed by atoms with Crippen LogP contribution in [0.25, 0.3) is 0 Å². The summed E-state index contributed by atoms with van der Waals surface area (Å²) in [5.74, 6) is 0.836. The van der Waals surface area contributed by atoms with Gasteiger partial charge in [-0.25, -0.2) is 0 Å². The molecule has 6 heteroatoms. The molecule has 1 aliphatic carbocycles. The highest BCUT2D eigenvalue weighted by atomic mass is 32.1. The summed E-state index contributed by atoms with van der Waals surface area (Å²) in [6.07, 6.45) is 12.9. The second-order valence-corrected chi connectivity index (χ2v) is 8.77. The zero-order chi connectivity index (χ0) is 21.2. The van der Waals surface area contributed by atoms with Crippen LogP contribution in [0.4, 0.5) is 5.69 Å². The van der Waals surface area contributed by atoms with Crippen molar-refractivity contribution in [1.29, 1.82) is 0 Å². The molecule has 1 aliphatic heterocycles. The van der Waals surface area contributed by atoms with E-state index in [0.717, 1.165) is 22.2 Å². The van der Waals surface area contributed by atoms with Crippen molar-refractivity contribution >= 4 is 23.0 Å². The molecule has 0 bridgehead atoms. The molecule has 0 unspecified atom stereocenters. The Hall–Kier alpha value is -2.86. The fourth-order valence-corrected chi connectivity index (χ4v) is 5.27. The summed E-state index contributed by atoms with van der Waals surface area (Å²) in [6.45, 7) is 0. The van der Waals surface area contributed by atoms with Gasteiger partial charge in [0, 0.05) is 30.3 Å². The fourth-order valence-electron chi connectivity index (χ4n) is 4.93. The second-order valence-electron chi connectivity index (χ2n) is 8.38. The van der Waals surface area contributed by atoms with E-state index in [1.165, 1.54) is 37.7 Å². The minimum Gasteiger partial charge on any atom is -0.497 e. The highest BCUT2D eigenvalue weighted by Gasteiger charge is 2.41. The summed E-state index contributed by atoms with van der Waals surface area (Å²) < 4.78 is 7.76. The molecule has 5 nitrogen and oxygen atoms in total. The summed E-state index contributed by atoms with van der Waals surface area (Å²) >= 11 is 5.82. The van der Waals surface area contributed by atoms with Crippen molar-refractivity contribution in [2.45, 2.75) is 50.2 Å². The third kappa shape index (κ3) is 3.92. The van der Waals surface area contributed by atoms with Crippen LogP contribution in [0.2, 0.25) is 0 Å². The Morgan fingerprint density at radius 3 is 2.55 bits per heavy atom. The van der Waals surface area contributed by atoms with E-state index in [1.54, 1.807) is 7.11 Å². The van der Waals surface area contributed by atoms with Gasteiger partial charge in [-0.15, -0.1) is 0 Å². The maximum Gasteiger partial charge on any atom is 0.174 e. The number of ether oxygens (including phenoxy) is 1. The third-order valence-electron chi connectivity index (χ3n) is 6.52. The first kappa shape index (κ1) is 20.1. The highest BCUT2D eigenvalue weighted by molar-refractivity contribution is 7.80. The number of pyridine rings is 1. The van der Waals surface area contributed by atoms with Crippen molar-refractivity contribution in [2.75, 3.05) is 12.0 Å². The van der Waals surface area contributed by atoms with Crippen LogP contribution >= 0.6 is 12.2 Å². The quantitative estimate of drug-likeness (QED) is 0.534. The molecule has 2 aromatic heterocycles. The average Bonchev–Trinajstić information content (AvgIpc) is 3.45. The van der Waals surface area contributed by atoms with Crippen LogP contribution in [0, 0.1) is 0 Å². The summed E-state index contributed by atoms with van der Waals surface area (Å²) in [7, 11) is 1.69. The fraction of sp³-hybridized carbons (Fsp3) is 0.360. The summed E-state index contributed by atoms with van der Waals surface area (Å²) in [5.41, 5.74) is 3.30. The number of thiocarbonyl (C=S) groups is 1. The van der Waals surface area contributed by atoms with Crippen LogP contribution in [0.1, 0.15) is 61.5 Å². The number of nitrogens with zero attached hydrogens (tertiary/aromatic N) is 3. The molecule has 3 heterocycles. The first-order chi connectivity index (χ1) is 15.2. The van der Waals surface area contributed by atoms with Crippen molar-refractivity contribution in [3.8, 4) is 5.75 Å². The van der Waals surface area contributed by atoms with Crippen molar-refractivity contribution in [3.05, 3.63) is 78.4 Å². The predicted molar refractivity (Wildman–Crippen MR) is 127 cm³/mol. The van der Waals surface area contributed by atoms with Gasteiger partial charge in [-0.3, -0.25) is 4.98 Å². The molecule has 5 rings (SSSR count). The van der Waals surface area contributed by atoms with Crippen LogP contribution in [-0.2, 0) is 0 Å². The first-order valence-corrected chi connectivity index (χ1v) is 11.5. The molecule has 31 heavy (non-hydrogen) atoms. The number of hydrogen-bond acceptors (Lipinski definition) is 3. The number of rotatable bonds is 5. The SMILES string of the molecule is COc1ccc(N2C(=S)N[C@@H](c3ccccn3)[C@@H]2c2ccn(C3CCCCC3)c2)cc1. The Morgan fingerprint density at radius 1 is 1.03 bits per heavy atom. The smallest absolute Gasteiger partial charge is 0.174 e. The molecule has 1 aromatic carbocycles. The molecule has 1 N–H and O–H groups in total. The largest absolute Gasteiger partial charge is 0.497 e. The van der Waals surface area contributed by atoms with Gasteiger partial charge in [0.25, 0.3) is 0 Å². The number of aromatic nitrogens is 2. The van der Waals surface area contributed by atoms with E-state index in [1.807, 2.05) is 30.5 Å². The number of anilines is 1.